The molecule has 0 bridgehead atoms. The molecule has 4 rings (SSSR count). The minimum absolute atomic E-state index is 0.0497. The fourth-order valence-corrected chi connectivity index (χ4v) is 3.88. The van der Waals surface area contributed by atoms with Crippen LogP contribution in [0, 0.1) is 0 Å². The Morgan fingerprint density at radius 2 is 2.25 bits per heavy atom. The number of piperidine rings is 1. The van der Waals surface area contributed by atoms with Gasteiger partial charge in [0.1, 0.15) is 5.56 Å². The van der Waals surface area contributed by atoms with E-state index in [1.165, 1.54) is 21.9 Å². The van der Waals surface area contributed by atoms with Gasteiger partial charge in [0.05, 0.1) is 12.6 Å². The first-order chi connectivity index (χ1) is 11.7. The largest absolute Gasteiger partial charge is 0.334 e. The molecule has 0 saturated carbocycles. The summed E-state index contributed by atoms with van der Waals surface area (Å²) in [5.41, 5.74) is -0.159. The van der Waals surface area contributed by atoms with Gasteiger partial charge in [0.15, 0.2) is 4.96 Å². The number of hydrogen-bond acceptors (Lipinski definition) is 5. The van der Waals surface area contributed by atoms with Gasteiger partial charge in [-0.05, 0) is 25.3 Å². The molecule has 1 aliphatic rings. The van der Waals surface area contributed by atoms with Crippen molar-refractivity contribution in [2.75, 3.05) is 6.54 Å². The lowest BCUT2D eigenvalue weighted by molar-refractivity contribution is 0.0581. The summed E-state index contributed by atoms with van der Waals surface area (Å²) in [6.07, 6.45) is 9.65. The van der Waals surface area contributed by atoms with E-state index in [1.54, 1.807) is 17.8 Å². The molecule has 1 atom stereocenters. The molecule has 0 spiro atoms. The Balaban J connectivity index is 1.65. The first kappa shape index (κ1) is 15.1. The van der Waals surface area contributed by atoms with Crippen LogP contribution in [0.25, 0.3) is 4.96 Å². The van der Waals surface area contributed by atoms with Gasteiger partial charge < -0.3 is 4.90 Å². The average molecular weight is 343 g/mol. The molecule has 124 valence electrons. The van der Waals surface area contributed by atoms with E-state index in [1.807, 2.05) is 21.8 Å². The first-order valence-electron chi connectivity index (χ1n) is 7.97. The lowest BCUT2D eigenvalue weighted by atomic mass is 10.0. The lowest BCUT2D eigenvalue weighted by Crippen LogP contribution is -2.47. The molecule has 0 aromatic carbocycles. The van der Waals surface area contributed by atoms with E-state index in [9.17, 15) is 9.59 Å². The van der Waals surface area contributed by atoms with Crippen LogP contribution < -0.4 is 5.56 Å². The third kappa shape index (κ3) is 2.62. The number of fused-ring (bicyclic) bond motifs is 1. The molecule has 1 fully saturated rings. The van der Waals surface area contributed by atoms with Crippen molar-refractivity contribution in [2.45, 2.75) is 31.8 Å². The number of nitrogens with zero attached hydrogens (tertiary/aromatic N) is 5. The van der Waals surface area contributed by atoms with Crippen LogP contribution in [0.1, 0.15) is 29.6 Å². The van der Waals surface area contributed by atoms with Crippen molar-refractivity contribution >= 4 is 22.2 Å². The number of aromatic nitrogens is 4. The Hall–Kier alpha value is -2.48. The Kier molecular flexibility index (Phi) is 3.89. The molecular formula is C16H17N5O2S. The molecule has 8 heteroatoms. The number of carbonyl (C=O) groups is 1. The van der Waals surface area contributed by atoms with Crippen molar-refractivity contribution in [3.05, 3.63) is 52.2 Å². The third-order valence-corrected chi connectivity index (χ3v) is 5.19. The van der Waals surface area contributed by atoms with E-state index < -0.39 is 0 Å². The topological polar surface area (TPSA) is 72.5 Å². The van der Waals surface area contributed by atoms with E-state index in [0.717, 1.165) is 19.3 Å². The van der Waals surface area contributed by atoms with Gasteiger partial charge in [0.2, 0.25) is 0 Å². The summed E-state index contributed by atoms with van der Waals surface area (Å²) in [4.78, 5) is 32.2. The standard InChI is InChI=1S/C16H17N5O2S/c22-14(13-10-17-16-21(15(13)23)8-9-24-16)20-7-2-1-4-12(20)11-19-6-3-5-18-19/h3,5-6,8-10,12H,1-2,4,7,11H2. The Morgan fingerprint density at radius 1 is 1.33 bits per heavy atom. The minimum Gasteiger partial charge on any atom is -0.334 e. The molecule has 3 aromatic heterocycles. The zero-order chi connectivity index (χ0) is 16.5. The Labute approximate surface area is 142 Å². The highest BCUT2D eigenvalue weighted by molar-refractivity contribution is 7.15. The SMILES string of the molecule is O=C(c1cnc2sccn2c1=O)N1CCCCC1Cn1cccn1. The van der Waals surface area contributed by atoms with E-state index in [2.05, 4.69) is 10.1 Å². The molecule has 4 heterocycles. The Bertz CT molecular complexity index is 914. The summed E-state index contributed by atoms with van der Waals surface area (Å²) in [6.45, 7) is 1.31. The highest BCUT2D eigenvalue weighted by Crippen LogP contribution is 2.20. The van der Waals surface area contributed by atoms with Crippen LogP contribution in [0.2, 0.25) is 0 Å². The maximum Gasteiger partial charge on any atom is 0.271 e. The van der Waals surface area contributed by atoms with Gasteiger partial charge in [-0.3, -0.25) is 18.7 Å². The monoisotopic (exact) mass is 343 g/mol. The van der Waals surface area contributed by atoms with Gasteiger partial charge in [-0.25, -0.2) is 4.98 Å². The van der Waals surface area contributed by atoms with Crippen molar-refractivity contribution in [3.63, 3.8) is 0 Å². The van der Waals surface area contributed by atoms with Crippen molar-refractivity contribution in [2.24, 2.45) is 0 Å². The molecular weight excluding hydrogens is 326 g/mol. The highest BCUT2D eigenvalue weighted by Gasteiger charge is 2.29. The van der Waals surface area contributed by atoms with Crippen molar-refractivity contribution in [1.82, 2.24) is 24.1 Å². The number of hydrogen-bond donors (Lipinski definition) is 0. The van der Waals surface area contributed by atoms with E-state index in [0.29, 0.717) is 18.1 Å². The van der Waals surface area contributed by atoms with Gasteiger partial charge in [-0.1, -0.05) is 0 Å². The van der Waals surface area contributed by atoms with Crippen molar-refractivity contribution in [3.8, 4) is 0 Å². The molecule has 0 aliphatic carbocycles. The highest BCUT2D eigenvalue weighted by atomic mass is 32.1. The summed E-state index contributed by atoms with van der Waals surface area (Å²) < 4.78 is 3.27. The van der Waals surface area contributed by atoms with Gasteiger partial charge in [-0.15, -0.1) is 11.3 Å². The number of likely N-dealkylation sites (tertiary alicyclic amines) is 1. The van der Waals surface area contributed by atoms with E-state index >= 15 is 0 Å². The molecule has 1 aliphatic heterocycles. The fourth-order valence-electron chi connectivity index (χ4n) is 3.21. The minimum atomic E-state index is -0.297. The molecule has 7 nitrogen and oxygen atoms in total. The molecule has 3 aromatic rings. The van der Waals surface area contributed by atoms with Crippen LogP contribution in [-0.2, 0) is 6.54 Å². The summed E-state index contributed by atoms with van der Waals surface area (Å²) >= 11 is 1.38. The third-order valence-electron chi connectivity index (χ3n) is 4.42. The summed E-state index contributed by atoms with van der Waals surface area (Å²) in [6, 6.07) is 1.92. The molecule has 1 saturated heterocycles. The second kappa shape index (κ2) is 6.20. The van der Waals surface area contributed by atoms with Crippen molar-refractivity contribution < 1.29 is 4.79 Å². The molecule has 0 N–H and O–H groups in total. The molecule has 1 amide bonds. The van der Waals surface area contributed by atoms with Gasteiger partial charge in [0.25, 0.3) is 11.5 Å². The second-order valence-corrected chi connectivity index (χ2v) is 6.78. The maximum atomic E-state index is 13.0. The summed E-state index contributed by atoms with van der Waals surface area (Å²) in [5.74, 6) is -0.232. The lowest BCUT2D eigenvalue weighted by Gasteiger charge is -2.35. The normalized spacial score (nSPS) is 18.2. The fraction of sp³-hybridized carbons (Fsp3) is 0.375. The second-order valence-electron chi connectivity index (χ2n) is 5.91. The van der Waals surface area contributed by atoms with Crippen LogP contribution >= 0.6 is 11.3 Å². The van der Waals surface area contributed by atoms with Crippen LogP contribution in [0.15, 0.2) is 41.0 Å². The first-order valence-corrected chi connectivity index (χ1v) is 8.85. The van der Waals surface area contributed by atoms with Crippen molar-refractivity contribution in [1.29, 1.82) is 0 Å². The van der Waals surface area contributed by atoms with E-state index in [-0.39, 0.29) is 23.1 Å². The summed E-state index contributed by atoms with van der Waals surface area (Å²) in [5, 5.41) is 6.02. The zero-order valence-electron chi connectivity index (χ0n) is 13.0. The van der Waals surface area contributed by atoms with Crippen LogP contribution in [0.3, 0.4) is 0 Å². The average Bonchev–Trinajstić information content (AvgIpc) is 3.27. The molecule has 1 unspecified atom stereocenters. The zero-order valence-corrected chi connectivity index (χ0v) is 13.9. The number of amides is 1. The molecule has 0 radical (unpaired) electrons. The smallest absolute Gasteiger partial charge is 0.271 e. The maximum absolute atomic E-state index is 13.0. The van der Waals surface area contributed by atoms with Crippen LogP contribution in [0.5, 0.6) is 0 Å². The predicted octanol–water partition coefficient (Wildman–Crippen LogP) is 1.65. The van der Waals surface area contributed by atoms with Crippen LogP contribution in [0.4, 0.5) is 0 Å². The predicted molar refractivity (Wildman–Crippen MR) is 90.2 cm³/mol. The van der Waals surface area contributed by atoms with Crippen LogP contribution in [-0.4, -0.2) is 42.6 Å². The number of thiazole rings is 1. The van der Waals surface area contributed by atoms with Gasteiger partial charge >= 0.3 is 0 Å². The van der Waals surface area contributed by atoms with Gasteiger partial charge in [0, 0.05) is 36.7 Å². The van der Waals surface area contributed by atoms with E-state index in [4.69, 9.17) is 0 Å². The van der Waals surface area contributed by atoms with Gasteiger partial charge in [-0.2, -0.15) is 5.10 Å². The number of rotatable bonds is 3. The Morgan fingerprint density at radius 3 is 3.08 bits per heavy atom. The quantitative estimate of drug-likeness (QED) is 0.725. The summed E-state index contributed by atoms with van der Waals surface area (Å²) in [7, 11) is 0. The molecule has 24 heavy (non-hydrogen) atoms. The number of carbonyl (C=O) groups excluding carboxylic acids is 1.